The molecule has 25 heavy (non-hydrogen) atoms. The lowest BCUT2D eigenvalue weighted by molar-refractivity contribution is 0.0602. The summed E-state index contributed by atoms with van der Waals surface area (Å²) in [5.74, 6) is -0.381. The molecule has 3 N–H and O–H groups in total. The summed E-state index contributed by atoms with van der Waals surface area (Å²) in [7, 11) is 1.27. The number of anilines is 1. The number of nitrogens with zero attached hydrogens (tertiary/aromatic N) is 3. The van der Waals surface area contributed by atoms with E-state index in [2.05, 4.69) is 9.27 Å². The minimum Gasteiger partial charge on any atom is -0.465 e. The molecule has 8 nitrogen and oxygen atoms in total. The Kier molecular flexibility index (Phi) is 7.60. The molecule has 0 bridgehead atoms. The number of piperidine rings is 1. The Morgan fingerprint density at radius 3 is 2.76 bits per heavy atom. The van der Waals surface area contributed by atoms with Crippen LogP contribution in [0.5, 0.6) is 0 Å². The third kappa shape index (κ3) is 5.65. The topological polar surface area (TPSA) is 109 Å². The van der Waals surface area contributed by atoms with Crippen LogP contribution in [0.4, 0.5) is 10.6 Å². The zero-order chi connectivity index (χ0) is 18.2. The molecule has 1 fully saturated rings. The van der Waals surface area contributed by atoms with Crippen molar-refractivity contribution in [3.63, 3.8) is 0 Å². The van der Waals surface area contributed by atoms with Crippen LogP contribution in [0.15, 0.2) is 5.38 Å². The monoisotopic (exact) mass is 370 g/mol. The summed E-state index contributed by atoms with van der Waals surface area (Å²) in [5, 5.41) is 11.7. The highest BCUT2D eigenvalue weighted by atomic mass is 32.1. The number of esters is 1. The average molecular weight is 370 g/mol. The van der Waals surface area contributed by atoms with Gasteiger partial charge in [-0.15, -0.1) is 0 Å². The summed E-state index contributed by atoms with van der Waals surface area (Å²) < 4.78 is 8.77. The van der Waals surface area contributed by atoms with Gasteiger partial charge in [-0.05, 0) is 50.3 Å². The molecule has 2 rings (SSSR count). The van der Waals surface area contributed by atoms with E-state index in [1.165, 1.54) is 36.7 Å². The predicted molar refractivity (Wildman–Crippen MR) is 95.9 cm³/mol. The van der Waals surface area contributed by atoms with Crippen molar-refractivity contribution in [2.45, 2.75) is 38.2 Å². The fourth-order valence-corrected chi connectivity index (χ4v) is 3.59. The maximum absolute atomic E-state index is 11.7. The molecular formula is C16H26N4O4S. The van der Waals surface area contributed by atoms with E-state index in [0.29, 0.717) is 12.8 Å². The van der Waals surface area contributed by atoms with Crippen LogP contribution in [0.2, 0.25) is 0 Å². The van der Waals surface area contributed by atoms with Crippen LogP contribution in [-0.4, -0.2) is 65.8 Å². The van der Waals surface area contributed by atoms with Crippen molar-refractivity contribution in [2.75, 3.05) is 38.2 Å². The number of amides is 2. The van der Waals surface area contributed by atoms with Crippen LogP contribution >= 0.6 is 11.5 Å². The summed E-state index contributed by atoms with van der Waals surface area (Å²) >= 11 is 1.05. The van der Waals surface area contributed by atoms with Gasteiger partial charge in [0, 0.05) is 18.5 Å². The zero-order valence-electron chi connectivity index (χ0n) is 14.5. The van der Waals surface area contributed by atoms with Crippen molar-refractivity contribution in [3.8, 4) is 0 Å². The molecule has 1 aromatic heterocycles. The number of primary amides is 1. The Bertz CT molecular complexity index is 574. The predicted octanol–water partition coefficient (Wildman–Crippen LogP) is 1.44. The number of carbonyl (C=O) groups excluding carboxylic acids is 2. The Balaban J connectivity index is 1.88. The first-order valence-corrected chi connectivity index (χ1v) is 9.36. The molecule has 0 saturated carbocycles. The normalized spacial score (nSPS) is 16.4. The lowest BCUT2D eigenvalue weighted by atomic mass is 10.1. The first-order valence-electron chi connectivity index (χ1n) is 8.53. The molecule has 1 unspecified atom stereocenters. The van der Waals surface area contributed by atoms with Crippen LogP contribution in [0.25, 0.3) is 0 Å². The van der Waals surface area contributed by atoms with Crippen molar-refractivity contribution in [2.24, 2.45) is 5.73 Å². The smallest absolute Gasteiger partial charge is 0.342 e. The van der Waals surface area contributed by atoms with Crippen molar-refractivity contribution >= 4 is 29.4 Å². The second-order valence-electron chi connectivity index (χ2n) is 6.17. The van der Waals surface area contributed by atoms with E-state index >= 15 is 0 Å². The van der Waals surface area contributed by atoms with E-state index in [1.54, 1.807) is 0 Å². The number of carbonyl (C=O) groups is 2. The van der Waals surface area contributed by atoms with E-state index in [-0.39, 0.29) is 17.9 Å². The summed E-state index contributed by atoms with van der Waals surface area (Å²) in [6.07, 6.45) is 4.19. The number of nitrogens with two attached hydrogens (primary N) is 1. The second kappa shape index (κ2) is 9.69. The molecule has 1 saturated heterocycles. The Labute approximate surface area is 151 Å². The number of methoxy groups -OCH3 is 1. The number of aliphatic hydroxyl groups excluding tert-OH is 1. The van der Waals surface area contributed by atoms with Crippen LogP contribution < -0.4 is 10.6 Å². The molecule has 0 spiro atoms. The number of aliphatic hydroxyl groups is 1. The van der Waals surface area contributed by atoms with Gasteiger partial charge < -0.3 is 20.5 Å². The fraction of sp³-hybridized carbons (Fsp3) is 0.688. The van der Waals surface area contributed by atoms with Crippen molar-refractivity contribution in [3.05, 3.63) is 10.9 Å². The van der Waals surface area contributed by atoms with Crippen molar-refractivity contribution in [1.29, 1.82) is 0 Å². The van der Waals surface area contributed by atoms with E-state index in [9.17, 15) is 14.7 Å². The molecule has 140 valence electrons. The minimum atomic E-state index is -0.709. The van der Waals surface area contributed by atoms with E-state index in [0.717, 1.165) is 31.2 Å². The highest BCUT2D eigenvalue weighted by Crippen LogP contribution is 2.22. The number of hydrogen-bond donors (Lipinski definition) is 2. The van der Waals surface area contributed by atoms with E-state index < -0.39 is 18.1 Å². The number of ether oxygens (including phenoxy) is 1. The Morgan fingerprint density at radius 1 is 1.40 bits per heavy atom. The van der Waals surface area contributed by atoms with Crippen LogP contribution in [0.1, 0.15) is 42.5 Å². The van der Waals surface area contributed by atoms with E-state index in [4.69, 9.17) is 10.5 Å². The molecule has 2 heterocycles. The standard InChI is InChI=1S/C16H26N4O4S/c1-24-15(22)13-11-25-18-14(13)20(16(17)23)10-6-12(21)5-9-19-7-3-2-4-8-19/h11-12,21H,2-10H2,1H3,(H2,17,23). The maximum atomic E-state index is 11.7. The maximum Gasteiger partial charge on any atom is 0.342 e. The molecule has 1 atom stereocenters. The van der Waals surface area contributed by atoms with Gasteiger partial charge in [-0.25, -0.2) is 9.59 Å². The number of aromatic nitrogens is 1. The van der Waals surface area contributed by atoms with Crippen molar-refractivity contribution in [1.82, 2.24) is 9.27 Å². The van der Waals surface area contributed by atoms with Gasteiger partial charge in [0.15, 0.2) is 5.82 Å². The highest BCUT2D eigenvalue weighted by molar-refractivity contribution is 7.04. The van der Waals surface area contributed by atoms with Gasteiger partial charge in [0.2, 0.25) is 0 Å². The largest absolute Gasteiger partial charge is 0.465 e. The lowest BCUT2D eigenvalue weighted by Gasteiger charge is -2.27. The summed E-state index contributed by atoms with van der Waals surface area (Å²) in [5.41, 5.74) is 5.63. The Hall–Kier alpha value is -1.71. The van der Waals surface area contributed by atoms with Gasteiger partial charge in [0.25, 0.3) is 0 Å². The quantitative estimate of drug-likeness (QED) is 0.670. The SMILES string of the molecule is COC(=O)c1csnc1N(CCC(O)CCN1CCCCC1)C(N)=O. The minimum absolute atomic E-state index is 0.188. The molecule has 1 aliphatic rings. The second-order valence-corrected chi connectivity index (χ2v) is 6.80. The number of urea groups is 1. The van der Waals surface area contributed by atoms with Crippen LogP contribution in [-0.2, 0) is 4.74 Å². The van der Waals surface area contributed by atoms with Crippen LogP contribution in [0.3, 0.4) is 0 Å². The first-order chi connectivity index (χ1) is 12.0. The summed E-state index contributed by atoms with van der Waals surface area (Å²) in [4.78, 5) is 27.1. The number of likely N-dealkylation sites (tertiary alicyclic amines) is 1. The zero-order valence-corrected chi connectivity index (χ0v) is 15.3. The summed E-state index contributed by atoms with van der Waals surface area (Å²) in [6.45, 7) is 3.22. The molecule has 0 aliphatic carbocycles. The van der Waals surface area contributed by atoms with Gasteiger partial charge in [-0.3, -0.25) is 4.90 Å². The molecule has 0 radical (unpaired) electrons. The molecule has 1 aliphatic heterocycles. The van der Waals surface area contributed by atoms with Gasteiger partial charge in [0.05, 0.1) is 13.2 Å². The Morgan fingerprint density at radius 2 is 2.12 bits per heavy atom. The van der Waals surface area contributed by atoms with Crippen molar-refractivity contribution < 1.29 is 19.4 Å². The number of rotatable bonds is 8. The van der Waals surface area contributed by atoms with Gasteiger partial charge in [-0.1, -0.05) is 6.42 Å². The fourth-order valence-electron chi connectivity index (χ4n) is 2.93. The molecule has 9 heteroatoms. The third-order valence-corrected chi connectivity index (χ3v) is 5.01. The molecule has 2 amide bonds. The third-order valence-electron chi connectivity index (χ3n) is 4.39. The van der Waals surface area contributed by atoms with Crippen LogP contribution in [0, 0.1) is 0 Å². The average Bonchev–Trinajstić information content (AvgIpc) is 3.09. The molecular weight excluding hydrogens is 344 g/mol. The summed E-state index contributed by atoms with van der Waals surface area (Å²) in [6, 6.07) is -0.709. The number of hydrogen-bond acceptors (Lipinski definition) is 7. The van der Waals surface area contributed by atoms with Gasteiger partial charge in [-0.2, -0.15) is 4.37 Å². The van der Waals surface area contributed by atoms with Gasteiger partial charge in [0.1, 0.15) is 5.56 Å². The molecule has 0 aromatic carbocycles. The van der Waals surface area contributed by atoms with Gasteiger partial charge >= 0.3 is 12.0 Å². The van der Waals surface area contributed by atoms with E-state index in [1.807, 2.05) is 0 Å². The first kappa shape index (κ1) is 19.6. The highest BCUT2D eigenvalue weighted by Gasteiger charge is 2.24. The lowest BCUT2D eigenvalue weighted by Crippen LogP contribution is -2.39. The molecule has 1 aromatic rings.